The molecule has 4 rings (SSSR count). The molecule has 0 unspecified atom stereocenters. The molecule has 0 aliphatic carbocycles. The van der Waals surface area contributed by atoms with Crippen molar-refractivity contribution in [1.82, 2.24) is 4.98 Å². The third kappa shape index (κ3) is 2.66. The normalized spacial score (nSPS) is 10.7. The van der Waals surface area contributed by atoms with Crippen LogP contribution in [0, 0.1) is 18.3 Å². The number of aromatic nitrogens is 1. The highest BCUT2D eigenvalue weighted by molar-refractivity contribution is 5.91. The summed E-state index contributed by atoms with van der Waals surface area (Å²) in [5.74, 6) is 0.983. The second kappa shape index (κ2) is 6.46. The molecular weight excluding hydrogens is 342 g/mol. The van der Waals surface area contributed by atoms with Gasteiger partial charge in [-0.15, -0.1) is 0 Å². The molecule has 0 saturated carbocycles. The Hall–Kier alpha value is -3.85. The molecule has 0 fully saturated rings. The zero-order chi connectivity index (χ0) is 19.0. The van der Waals surface area contributed by atoms with E-state index in [1.807, 2.05) is 36.4 Å². The lowest BCUT2D eigenvalue weighted by molar-refractivity contribution is 0.582. The standard InChI is InChI=1S/C21H15N3O3/c1-12-17(25)14-9-6-10-15(20-24-16(11-22)21(23-2)27-20)19(14)26-18(12)13-7-4-3-5-8-13/h3-10,23H,1-2H3. The van der Waals surface area contributed by atoms with E-state index in [-0.39, 0.29) is 22.9 Å². The molecule has 2 aromatic heterocycles. The predicted octanol–water partition coefficient (Wildman–Crippen LogP) is 4.34. The van der Waals surface area contributed by atoms with E-state index in [4.69, 9.17) is 8.83 Å². The molecule has 6 heteroatoms. The molecule has 0 radical (unpaired) electrons. The summed E-state index contributed by atoms with van der Waals surface area (Å²) in [6.07, 6.45) is 0. The molecule has 4 aromatic rings. The highest BCUT2D eigenvalue weighted by atomic mass is 16.4. The van der Waals surface area contributed by atoms with Crippen LogP contribution in [0.25, 0.3) is 33.7 Å². The van der Waals surface area contributed by atoms with Gasteiger partial charge in [0, 0.05) is 18.2 Å². The number of hydrogen-bond acceptors (Lipinski definition) is 6. The molecule has 0 spiro atoms. The third-order valence-electron chi connectivity index (χ3n) is 4.37. The smallest absolute Gasteiger partial charge is 0.233 e. The molecule has 0 amide bonds. The monoisotopic (exact) mass is 357 g/mol. The van der Waals surface area contributed by atoms with Crippen LogP contribution in [0.5, 0.6) is 0 Å². The first-order valence-corrected chi connectivity index (χ1v) is 8.35. The summed E-state index contributed by atoms with van der Waals surface area (Å²) in [5.41, 5.74) is 2.26. The molecule has 1 N–H and O–H groups in total. The number of oxazole rings is 1. The molecule has 2 heterocycles. The lowest BCUT2D eigenvalue weighted by Gasteiger charge is -2.09. The molecule has 6 nitrogen and oxygen atoms in total. The SMILES string of the molecule is CNc1oc(-c2cccc3c(=O)c(C)c(-c4ccccc4)oc23)nc1C#N. The second-order valence-corrected chi connectivity index (χ2v) is 5.99. The third-order valence-corrected chi connectivity index (χ3v) is 4.37. The summed E-state index contributed by atoms with van der Waals surface area (Å²) >= 11 is 0. The summed E-state index contributed by atoms with van der Waals surface area (Å²) in [6.45, 7) is 1.75. The van der Waals surface area contributed by atoms with Crippen molar-refractivity contribution in [2.75, 3.05) is 12.4 Å². The topological polar surface area (TPSA) is 92.1 Å². The van der Waals surface area contributed by atoms with E-state index in [0.29, 0.717) is 27.9 Å². The molecule has 0 aliphatic rings. The maximum Gasteiger partial charge on any atom is 0.233 e. The number of fused-ring (bicyclic) bond motifs is 1. The number of para-hydroxylation sites is 1. The molecule has 0 bridgehead atoms. The molecule has 2 aromatic carbocycles. The summed E-state index contributed by atoms with van der Waals surface area (Å²) < 4.78 is 11.8. The van der Waals surface area contributed by atoms with Gasteiger partial charge in [0.25, 0.3) is 0 Å². The van der Waals surface area contributed by atoms with Gasteiger partial charge < -0.3 is 14.2 Å². The van der Waals surface area contributed by atoms with Crippen LogP contribution in [-0.4, -0.2) is 12.0 Å². The van der Waals surface area contributed by atoms with Gasteiger partial charge in [-0.2, -0.15) is 10.2 Å². The van der Waals surface area contributed by atoms with Crippen molar-refractivity contribution in [2.24, 2.45) is 0 Å². The minimum Gasteiger partial charge on any atom is -0.455 e. The van der Waals surface area contributed by atoms with Gasteiger partial charge in [-0.1, -0.05) is 36.4 Å². The minimum atomic E-state index is -0.113. The number of nitrogens with one attached hydrogen (secondary N) is 1. The van der Waals surface area contributed by atoms with Crippen molar-refractivity contribution < 1.29 is 8.83 Å². The number of rotatable bonds is 3. The van der Waals surface area contributed by atoms with Crippen molar-refractivity contribution in [3.8, 4) is 28.8 Å². The lowest BCUT2D eigenvalue weighted by atomic mass is 10.0. The van der Waals surface area contributed by atoms with Gasteiger partial charge in [-0.25, -0.2) is 0 Å². The maximum atomic E-state index is 12.9. The Balaban J connectivity index is 2.04. The van der Waals surface area contributed by atoms with E-state index in [9.17, 15) is 10.1 Å². The van der Waals surface area contributed by atoms with E-state index < -0.39 is 0 Å². The van der Waals surface area contributed by atoms with Crippen LogP contribution in [-0.2, 0) is 0 Å². The lowest BCUT2D eigenvalue weighted by Crippen LogP contribution is -2.07. The number of nitriles is 1. The minimum absolute atomic E-state index is 0.113. The Bertz CT molecular complexity index is 1250. The molecular formula is C21H15N3O3. The van der Waals surface area contributed by atoms with Gasteiger partial charge in [0.15, 0.2) is 11.0 Å². The average molecular weight is 357 g/mol. The molecule has 0 aliphatic heterocycles. The van der Waals surface area contributed by atoms with Crippen molar-refractivity contribution >= 4 is 16.9 Å². The Kier molecular flexibility index (Phi) is 3.98. The molecule has 0 saturated heterocycles. The van der Waals surface area contributed by atoms with Crippen LogP contribution in [0.15, 0.2) is 62.2 Å². The summed E-state index contributed by atoms with van der Waals surface area (Å²) in [4.78, 5) is 17.1. The van der Waals surface area contributed by atoms with Gasteiger partial charge >= 0.3 is 0 Å². The molecule has 132 valence electrons. The van der Waals surface area contributed by atoms with Crippen LogP contribution >= 0.6 is 0 Å². The highest BCUT2D eigenvalue weighted by Gasteiger charge is 2.20. The van der Waals surface area contributed by atoms with Crippen LogP contribution in [0.1, 0.15) is 11.3 Å². The largest absolute Gasteiger partial charge is 0.455 e. The zero-order valence-corrected chi connectivity index (χ0v) is 14.7. The quantitative estimate of drug-likeness (QED) is 0.586. The number of benzene rings is 2. The van der Waals surface area contributed by atoms with E-state index in [2.05, 4.69) is 10.3 Å². The fourth-order valence-electron chi connectivity index (χ4n) is 3.02. The Morgan fingerprint density at radius 1 is 1.07 bits per heavy atom. The van der Waals surface area contributed by atoms with Crippen molar-refractivity contribution in [2.45, 2.75) is 6.92 Å². The van der Waals surface area contributed by atoms with Gasteiger partial charge in [0.2, 0.25) is 17.5 Å². The van der Waals surface area contributed by atoms with E-state index in [1.165, 1.54) is 0 Å². The van der Waals surface area contributed by atoms with Crippen LogP contribution in [0.3, 0.4) is 0 Å². The van der Waals surface area contributed by atoms with Gasteiger partial charge in [0.1, 0.15) is 11.8 Å². The van der Waals surface area contributed by atoms with Gasteiger partial charge in [0.05, 0.1) is 10.9 Å². The zero-order valence-electron chi connectivity index (χ0n) is 14.7. The van der Waals surface area contributed by atoms with Crippen LogP contribution < -0.4 is 10.7 Å². The Labute approximate surface area is 154 Å². The first-order valence-electron chi connectivity index (χ1n) is 8.35. The van der Waals surface area contributed by atoms with Gasteiger partial charge in [-0.05, 0) is 19.1 Å². The maximum absolute atomic E-state index is 12.9. The number of hydrogen-bond donors (Lipinski definition) is 1. The Morgan fingerprint density at radius 3 is 2.52 bits per heavy atom. The first kappa shape index (κ1) is 16.6. The predicted molar refractivity (Wildman–Crippen MR) is 102 cm³/mol. The summed E-state index contributed by atoms with van der Waals surface area (Å²) in [5, 5.41) is 12.4. The van der Waals surface area contributed by atoms with Crippen LogP contribution in [0.4, 0.5) is 5.88 Å². The van der Waals surface area contributed by atoms with Crippen LogP contribution in [0.2, 0.25) is 0 Å². The van der Waals surface area contributed by atoms with Crippen molar-refractivity contribution in [3.63, 3.8) is 0 Å². The average Bonchev–Trinajstić information content (AvgIpc) is 3.14. The van der Waals surface area contributed by atoms with Gasteiger partial charge in [-0.3, -0.25) is 4.79 Å². The van der Waals surface area contributed by atoms with Crippen molar-refractivity contribution in [1.29, 1.82) is 5.26 Å². The van der Waals surface area contributed by atoms with E-state index in [1.54, 1.807) is 32.2 Å². The first-order chi connectivity index (χ1) is 13.1. The van der Waals surface area contributed by atoms with Crippen molar-refractivity contribution in [3.05, 3.63) is 70.0 Å². The second-order valence-electron chi connectivity index (χ2n) is 5.99. The fourth-order valence-corrected chi connectivity index (χ4v) is 3.02. The van der Waals surface area contributed by atoms with E-state index >= 15 is 0 Å². The highest BCUT2D eigenvalue weighted by Crippen LogP contribution is 2.33. The summed E-state index contributed by atoms with van der Waals surface area (Å²) in [7, 11) is 1.64. The number of nitrogens with zero attached hydrogens (tertiary/aromatic N) is 2. The molecule has 0 atom stereocenters. The van der Waals surface area contributed by atoms with E-state index in [0.717, 1.165) is 5.56 Å². The number of anilines is 1. The Morgan fingerprint density at radius 2 is 1.85 bits per heavy atom. The summed E-state index contributed by atoms with van der Waals surface area (Å²) in [6, 6.07) is 16.6. The molecule has 27 heavy (non-hydrogen) atoms. The fraction of sp³-hybridized carbons (Fsp3) is 0.0952.